The Hall–Kier alpha value is -4.04. The van der Waals surface area contributed by atoms with Crippen molar-refractivity contribution in [2.75, 3.05) is 0 Å². The van der Waals surface area contributed by atoms with E-state index in [4.69, 9.17) is 9.15 Å². The van der Waals surface area contributed by atoms with E-state index in [2.05, 4.69) is 4.99 Å². The third-order valence-corrected chi connectivity index (χ3v) is 6.44. The van der Waals surface area contributed by atoms with Gasteiger partial charge in [0.2, 0.25) is 0 Å². The Balaban J connectivity index is 1.61. The van der Waals surface area contributed by atoms with E-state index in [-0.39, 0.29) is 17.7 Å². The van der Waals surface area contributed by atoms with Gasteiger partial charge in [0.05, 0.1) is 28.1 Å². The maximum absolute atomic E-state index is 13.7. The van der Waals surface area contributed by atoms with Gasteiger partial charge < -0.3 is 9.15 Å². The van der Waals surface area contributed by atoms with Gasteiger partial charge in [-0.3, -0.25) is 9.36 Å². The van der Waals surface area contributed by atoms with Gasteiger partial charge in [0.15, 0.2) is 4.80 Å². The van der Waals surface area contributed by atoms with E-state index in [1.807, 2.05) is 30.3 Å². The number of carbonyl (C=O) groups is 1. The summed E-state index contributed by atoms with van der Waals surface area (Å²) in [5, 5.41) is 0. The number of nitrogens with zero attached hydrogens (tertiary/aromatic N) is 2. The third-order valence-electron chi connectivity index (χ3n) is 5.46. The van der Waals surface area contributed by atoms with Crippen LogP contribution in [0.2, 0.25) is 0 Å². The SMILES string of the molecule is CC1=C(C(=O)OCc2ccccc2)[C@H](c2ccc(F)cc2)n2c(s/c(=C\c3ccco3)c2=O)=N1. The summed E-state index contributed by atoms with van der Waals surface area (Å²) >= 11 is 1.20. The number of fused-ring (bicyclic) bond motifs is 1. The quantitative estimate of drug-likeness (QED) is 0.414. The molecule has 34 heavy (non-hydrogen) atoms. The minimum Gasteiger partial charge on any atom is -0.465 e. The van der Waals surface area contributed by atoms with Crippen LogP contribution in [-0.4, -0.2) is 10.5 Å². The Morgan fingerprint density at radius 3 is 2.62 bits per heavy atom. The summed E-state index contributed by atoms with van der Waals surface area (Å²) in [6.45, 7) is 1.79. The lowest BCUT2D eigenvalue weighted by atomic mass is 9.96. The van der Waals surface area contributed by atoms with Crippen LogP contribution in [0.1, 0.15) is 29.9 Å². The first-order valence-electron chi connectivity index (χ1n) is 10.5. The Bertz CT molecular complexity index is 1550. The number of allylic oxidation sites excluding steroid dienone is 1. The molecule has 0 N–H and O–H groups in total. The van der Waals surface area contributed by atoms with Crippen molar-refractivity contribution in [3.63, 3.8) is 0 Å². The van der Waals surface area contributed by atoms with E-state index in [1.54, 1.807) is 37.3 Å². The average molecular weight is 475 g/mol. The van der Waals surface area contributed by atoms with Crippen LogP contribution in [0.4, 0.5) is 4.39 Å². The molecule has 0 bridgehead atoms. The Kier molecular flexibility index (Phi) is 5.81. The van der Waals surface area contributed by atoms with E-state index >= 15 is 0 Å². The summed E-state index contributed by atoms with van der Waals surface area (Å²) in [6, 6.07) is 17.7. The smallest absolute Gasteiger partial charge is 0.338 e. The molecule has 1 atom stereocenters. The van der Waals surface area contributed by atoms with E-state index < -0.39 is 17.8 Å². The first kappa shape index (κ1) is 21.8. The number of esters is 1. The highest BCUT2D eigenvalue weighted by atomic mass is 32.1. The van der Waals surface area contributed by atoms with Crippen LogP contribution in [0, 0.1) is 5.82 Å². The number of hydrogen-bond donors (Lipinski definition) is 0. The van der Waals surface area contributed by atoms with Gasteiger partial charge in [-0.25, -0.2) is 14.2 Å². The molecule has 170 valence electrons. The largest absolute Gasteiger partial charge is 0.465 e. The van der Waals surface area contributed by atoms with Gasteiger partial charge in [-0.15, -0.1) is 0 Å². The predicted octanol–water partition coefficient (Wildman–Crippen LogP) is 3.71. The van der Waals surface area contributed by atoms with Crippen LogP contribution in [0.15, 0.2) is 98.5 Å². The zero-order valence-electron chi connectivity index (χ0n) is 18.1. The Morgan fingerprint density at radius 2 is 1.91 bits per heavy atom. The fraction of sp³-hybridized carbons (Fsp3) is 0.115. The number of ether oxygens (including phenoxy) is 1. The van der Waals surface area contributed by atoms with Crippen LogP contribution >= 0.6 is 11.3 Å². The van der Waals surface area contributed by atoms with Gasteiger partial charge in [-0.2, -0.15) is 0 Å². The normalized spacial score (nSPS) is 15.7. The molecule has 8 heteroatoms. The lowest BCUT2D eigenvalue weighted by Crippen LogP contribution is -2.39. The minimum absolute atomic E-state index is 0.0789. The zero-order valence-corrected chi connectivity index (χ0v) is 18.9. The van der Waals surface area contributed by atoms with Crippen molar-refractivity contribution in [3.8, 4) is 0 Å². The van der Waals surface area contributed by atoms with Gasteiger partial charge >= 0.3 is 5.97 Å². The number of thiazole rings is 1. The van der Waals surface area contributed by atoms with Crippen molar-refractivity contribution >= 4 is 23.4 Å². The number of furan rings is 1. The number of hydrogen-bond acceptors (Lipinski definition) is 6. The molecule has 0 spiro atoms. The summed E-state index contributed by atoms with van der Waals surface area (Å²) in [5.74, 6) is -0.468. The lowest BCUT2D eigenvalue weighted by molar-refractivity contribution is -0.140. The van der Waals surface area contributed by atoms with E-state index in [0.717, 1.165) is 5.56 Å². The molecule has 0 amide bonds. The van der Waals surface area contributed by atoms with Gasteiger partial charge in [0.25, 0.3) is 5.56 Å². The second kappa shape index (κ2) is 9.07. The van der Waals surface area contributed by atoms with Crippen LogP contribution in [0.5, 0.6) is 0 Å². The van der Waals surface area contributed by atoms with Gasteiger partial charge in [-0.05, 0) is 42.3 Å². The topological polar surface area (TPSA) is 73.8 Å². The maximum atomic E-state index is 13.7. The standard InChI is InChI=1S/C26H19FN2O4S/c1-16-22(25(31)33-15-17-6-3-2-4-7-17)23(18-9-11-19(27)12-10-18)29-24(30)21(34-26(29)28-16)14-20-8-5-13-32-20/h2-14,23H,15H2,1H3/b21-14-/t23-/m0/s1. The number of rotatable bonds is 5. The summed E-state index contributed by atoms with van der Waals surface area (Å²) in [4.78, 5) is 31.7. The Morgan fingerprint density at radius 1 is 1.15 bits per heavy atom. The Labute approximate surface area is 197 Å². The molecule has 0 saturated heterocycles. The van der Waals surface area contributed by atoms with Crippen LogP contribution in [0.25, 0.3) is 6.08 Å². The minimum atomic E-state index is -0.807. The molecule has 0 unspecified atom stereocenters. The first-order chi connectivity index (χ1) is 16.5. The van der Waals surface area contributed by atoms with Gasteiger partial charge in [-0.1, -0.05) is 53.8 Å². The molecule has 2 aromatic heterocycles. The highest BCUT2D eigenvalue weighted by molar-refractivity contribution is 7.07. The van der Waals surface area contributed by atoms with Crippen molar-refractivity contribution in [1.82, 2.24) is 4.57 Å². The number of halogens is 1. The second-order valence-corrected chi connectivity index (χ2v) is 8.72. The van der Waals surface area contributed by atoms with Crippen molar-refractivity contribution in [1.29, 1.82) is 0 Å². The van der Waals surface area contributed by atoms with Gasteiger partial charge in [0, 0.05) is 6.08 Å². The monoisotopic (exact) mass is 474 g/mol. The first-order valence-corrected chi connectivity index (χ1v) is 11.4. The molecule has 1 aliphatic rings. The summed E-state index contributed by atoms with van der Waals surface area (Å²) in [6.07, 6.45) is 3.16. The highest BCUT2D eigenvalue weighted by Crippen LogP contribution is 2.31. The predicted molar refractivity (Wildman–Crippen MR) is 125 cm³/mol. The van der Waals surface area contributed by atoms with Crippen molar-refractivity contribution in [3.05, 3.63) is 127 Å². The second-order valence-electron chi connectivity index (χ2n) is 7.71. The molecular weight excluding hydrogens is 455 g/mol. The molecule has 4 aromatic rings. The molecule has 0 saturated carbocycles. The van der Waals surface area contributed by atoms with E-state index in [1.165, 1.54) is 34.3 Å². The van der Waals surface area contributed by atoms with Crippen LogP contribution in [-0.2, 0) is 16.1 Å². The van der Waals surface area contributed by atoms with E-state index in [9.17, 15) is 14.0 Å². The fourth-order valence-electron chi connectivity index (χ4n) is 3.85. The number of carbonyl (C=O) groups excluding carboxylic acids is 1. The molecule has 6 nitrogen and oxygen atoms in total. The molecule has 0 fully saturated rings. The van der Waals surface area contributed by atoms with Crippen LogP contribution < -0.4 is 14.9 Å². The molecule has 1 aliphatic heterocycles. The maximum Gasteiger partial charge on any atom is 0.338 e. The third kappa shape index (κ3) is 4.15. The van der Waals surface area contributed by atoms with Crippen molar-refractivity contribution < 1.29 is 18.3 Å². The lowest BCUT2D eigenvalue weighted by Gasteiger charge is -2.24. The molecule has 0 radical (unpaired) electrons. The van der Waals surface area contributed by atoms with E-state index in [0.29, 0.717) is 26.4 Å². The molecule has 5 rings (SSSR count). The number of aromatic nitrogens is 1. The van der Waals surface area contributed by atoms with Crippen molar-refractivity contribution in [2.24, 2.45) is 4.99 Å². The van der Waals surface area contributed by atoms with Crippen LogP contribution in [0.3, 0.4) is 0 Å². The highest BCUT2D eigenvalue weighted by Gasteiger charge is 2.33. The van der Waals surface area contributed by atoms with Gasteiger partial charge in [0.1, 0.15) is 18.2 Å². The average Bonchev–Trinajstić information content (AvgIpc) is 3.46. The summed E-state index contributed by atoms with van der Waals surface area (Å²) in [5.41, 5.74) is 1.77. The molecular formula is C26H19FN2O4S. The molecule has 0 aliphatic carbocycles. The summed E-state index contributed by atoms with van der Waals surface area (Å²) < 4.78 is 26.5. The van der Waals surface area contributed by atoms with Crippen molar-refractivity contribution in [2.45, 2.75) is 19.6 Å². The summed E-state index contributed by atoms with van der Waals surface area (Å²) in [7, 11) is 0. The fourth-order valence-corrected chi connectivity index (χ4v) is 4.87. The zero-order chi connectivity index (χ0) is 23.7. The molecule has 2 aromatic carbocycles. The molecule has 3 heterocycles. The number of benzene rings is 2.